The van der Waals surface area contributed by atoms with Gasteiger partial charge in [-0.05, 0) is 39.8 Å². The molecule has 3 rings (SSSR count). The molecule has 138 valence electrons. The Balaban J connectivity index is 1.65. The maximum absolute atomic E-state index is 12.2. The van der Waals surface area contributed by atoms with E-state index in [1.165, 1.54) is 0 Å². The van der Waals surface area contributed by atoms with E-state index in [9.17, 15) is 4.79 Å². The number of piperazine rings is 1. The van der Waals surface area contributed by atoms with Crippen molar-refractivity contribution in [1.29, 1.82) is 0 Å². The number of aryl methyl sites for hydroxylation is 1. The lowest BCUT2D eigenvalue weighted by molar-refractivity contribution is 0.0240. The van der Waals surface area contributed by atoms with Crippen molar-refractivity contribution in [3.8, 4) is 11.3 Å². The van der Waals surface area contributed by atoms with E-state index >= 15 is 0 Å². The highest BCUT2D eigenvalue weighted by Gasteiger charge is 2.26. The van der Waals surface area contributed by atoms with Crippen LogP contribution in [0.5, 0.6) is 0 Å². The van der Waals surface area contributed by atoms with Crippen LogP contribution in [0.1, 0.15) is 26.5 Å². The van der Waals surface area contributed by atoms with E-state index in [1.807, 2.05) is 46.0 Å². The summed E-state index contributed by atoms with van der Waals surface area (Å²) >= 11 is 0. The predicted molar refractivity (Wildman–Crippen MR) is 100 cm³/mol. The van der Waals surface area contributed by atoms with Gasteiger partial charge >= 0.3 is 6.09 Å². The molecule has 2 aromatic rings. The second kappa shape index (κ2) is 7.27. The Bertz CT molecular complexity index is 762. The summed E-state index contributed by atoms with van der Waals surface area (Å²) in [6.07, 6.45) is 5.05. The smallest absolute Gasteiger partial charge is 0.410 e. The third-order valence-electron chi connectivity index (χ3n) is 4.08. The van der Waals surface area contributed by atoms with Crippen LogP contribution in [0.4, 0.5) is 10.6 Å². The summed E-state index contributed by atoms with van der Waals surface area (Å²) in [6.45, 7) is 10.2. The molecule has 0 N–H and O–H groups in total. The molecule has 0 aliphatic carbocycles. The van der Waals surface area contributed by atoms with Gasteiger partial charge in [-0.1, -0.05) is 0 Å². The molecule has 0 aromatic carbocycles. The van der Waals surface area contributed by atoms with Crippen LogP contribution in [-0.4, -0.2) is 57.7 Å². The minimum atomic E-state index is -0.476. The van der Waals surface area contributed by atoms with Crippen molar-refractivity contribution in [2.45, 2.75) is 33.3 Å². The fraction of sp³-hybridized carbons (Fsp3) is 0.474. The zero-order chi connectivity index (χ0) is 18.7. The summed E-state index contributed by atoms with van der Waals surface area (Å²) < 4.78 is 5.44. The van der Waals surface area contributed by atoms with Gasteiger partial charge in [-0.2, -0.15) is 0 Å². The minimum absolute atomic E-state index is 0.261. The fourth-order valence-electron chi connectivity index (χ4n) is 2.71. The Morgan fingerprint density at radius 2 is 1.81 bits per heavy atom. The molecule has 7 heteroatoms. The highest BCUT2D eigenvalue weighted by Crippen LogP contribution is 2.20. The molecule has 2 aromatic heterocycles. The van der Waals surface area contributed by atoms with E-state index in [-0.39, 0.29) is 6.09 Å². The first-order chi connectivity index (χ1) is 12.3. The molecule has 26 heavy (non-hydrogen) atoms. The number of nitrogens with zero attached hydrogens (tertiary/aromatic N) is 5. The molecular weight excluding hydrogens is 330 g/mol. The first-order valence-electron chi connectivity index (χ1n) is 8.80. The van der Waals surface area contributed by atoms with Gasteiger partial charge in [0.15, 0.2) is 0 Å². The van der Waals surface area contributed by atoms with Crippen LogP contribution >= 0.6 is 0 Å². The Morgan fingerprint density at radius 1 is 1.08 bits per heavy atom. The van der Waals surface area contributed by atoms with E-state index in [0.717, 1.165) is 22.8 Å². The average Bonchev–Trinajstić information content (AvgIpc) is 2.61. The summed E-state index contributed by atoms with van der Waals surface area (Å²) in [4.78, 5) is 29.4. The maximum atomic E-state index is 12.2. The van der Waals surface area contributed by atoms with Gasteiger partial charge in [0.2, 0.25) is 0 Å². The van der Waals surface area contributed by atoms with E-state index in [1.54, 1.807) is 17.3 Å². The summed E-state index contributed by atoms with van der Waals surface area (Å²) in [6, 6.07) is 3.96. The number of aromatic nitrogens is 3. The van der Waals surface area contributed by atoms with Crippen molar-refractivity contribution in [3.63, 3.8) is 0 Å². The molecule has 1 aliphatic heterocycles. The number of anilines is 1. The van der Waals surface area contributed by atoms with Crippen LogP contribution in [0.2, 0.25) is 0 Å². The van der Waals surface area contributed by atoms with Gasteiger partial charge in [-0.3, -0.25) is 9.97 Å². The van der Waals surface area contributed by atoms with Gasteiger partial charge in [0.25, 0.3) is 0 Å². The van der Waals surface area contributed by atoms with E-state index < -0.39 is 5.60 Å². The molecule has 0 bridgehead atoms. The molecule has 0 unspecified atom stereocenters. The Labute approximate surface area is 154 Å². The molecule has 0 saturated carbocycles. The number of hydrogen-bond acceptors (Lipinski definition) is 6. The first kappa shape index (κ1) is 18.1. The third-order valence-corrected chi connectivity index (χ3v) is 4.08. The SMILES string of the molecule is Cc1ccc(-c2cncc(N3CCN(C(=O)OC(C)(C)C)CC3)n2)cn1. The van der Waals surface area contributed by atoms with Gasteiger partial charge < -0.3 is 14.5 Å². The lowest BCUT2D eigenvalue weighted by atomic mass is 10.2. The van der Waals surface area contributed by atoms with Crippen molar-refractivity contribution in [1.82, 2.24) is 19.9 Å². The minimum Gasteiger partial charge on any atom is -0.444 e. The fourth-order valence-corrected chi connectivity index (χ4v) is 2.71. The van der Waals surface area contributed by atoms with Crippen LogP contribution in [0.15, 0.2) is 30.7 Å². The summed E-state index contributed by atoms with van der Waals surface area (Å²) in [5, 5.41) is 0. The average molecular weight is 355 g/mol. The molecule has 1 amide bonds. The number of pyridine rings is 1. The summed E-state index contributed by atoms with van der Waals surface area (Å²) in [5.74, 6) is 0.812. The Morgan fingerprint density at radius 3 is 2.42 bits per heavy atom. The van der Waals surface area contributed by atoms with Gasteiger partial charge in [-0.15, -0.1) is 0 Å². The quantitative estimate of drug-likeness (QED) is 0.825. The largest absolute Gasteiger partial charge is 0.444 e. The molecule has 0 spiro atoms. The molecule has 0 atom stereocenters. The number of amides is 1. The van der Waals surface area contributed by atoms with Gasteiger partial charge in [0, 0.05) is 43.6 Å². The molecule has 1 aliphatic rings. The molecule has 7 nitrogen and oxygen atoms in total. The van der Waals surface area contributed by atoms with Crippen LogP contribution < -0.4 is 4.90 Å². The number of ether oxygens (including phenoxy) is 1. The second-order valence-corrected chi connectivity index (χ2v) is 7.41. The van der Waals surface area contributed by atoms with Crippen molar-refractivity contribution in [2.75, 3.05) is 31.1 Å². The number of hydrogen-bond donors (Lipinski definition) is 0. The molecule has 0 radical (unpaired) electrons. The lowest BCUT2D eigenvalue weighted by Crippen LogP contribution is -2.50. The van der Waals surface area contributed by atoms with E-state index in [0.29, 0.717) is 26.2 Å². The van der Waals surface area contributed by atoms with Crippen LogP contribution in [0.25, 0.3) is 11.3 Å². The van der Waals surface area contributed by atoms with E-state index in [2.05, 4.69) is 14.9 Å². The van der Waals surface area contributed by atoms with Crippen LogP contribution in [0.3, 0.4) is 0 Å². The molecule has 1 fully saturated rings. The molecule has 1 saturated heterocycles. The highest BCUT2D eigenvalue weighted by molar-refractivity contribution is 5.68. The highest BCUT2D eigenvalue weighted by atomic mass is 16.6. The van der Waals surface area contributed by atoms with Gasteiger partial charge in [-0.25, -0.2) is 9.78 Å². The Hall–Kier alpha value is -2.70. The summed E-state index contributed by atoms with van der Waals surface area (Å²) in [7, 11) is 0. The molecular formula is C19H25N5O2. The van der Waals surface area contributed by atoms with Crippen LogP contribution in [-0.2, 0) is 4.74 Å². The van der Waals surface area contributed by atoms with Crippen molar-refractivity contribution < 1.29 is 9.53 Å². The number of carbonyl (C=O) groups is 1. The lowest BCUT2D eigenvalue weighted by Gasteiger charge is -2.36. The van der Waals surface area contributed by atoms with Crippen molar-refractivity contribution in [2.24, 2.45) is 0 Å². The molecule has 3 heterocycles. The number of rotatable bonds is 2. The number of carbonyl (C=O) groups excluding carboxylic acids is 1. The van der Waals surface area contributed by atoms with Crippen molar-refractivity contribution >= 4 is 11.9 Å². The Kier molecular flexibility index (Phi) is 5.06. The van der Waals surface area contributed by atoms with Crippen LogP contribution in [0, 0.1) is 6.92 Å². The topological polar surface area (TPSA) is 71.5 Å². The zero-order valence-corrected chi connectivity index (χ0v) is 15.8. The maximum Gasteiger partial charge on any atom is 0.410 e. The van der Waals surface area contributed by atoms with Crippen molar-refractivity contribution in [3.05, 3.63) is 36.4 Å². The van der Waals surface area contributed by atoms with Gasteiger partial charge in [0.05, 0.1) is 18.1 Å². The van der Waals surface area contributed by atoms with E-state index in [4.69, 9.17) is 9.72 Å². The third kappa shape index (κ3) is 4.47. The zero-order valence-electron chi connectivity index (χ0n) is 15.8. The van der Waals surface area contributed by atoms with Gasteiger partial charge in [0.1, 0.15) is 11.4 Å². The monoisotopic (exact) mass is 355 g/mol. The predicted octanol–water partition coefficient (Wildman–Crippen LogP) is 2.90. The first-order valence-corrected chi connectivity index (χ1v) is 8.80. The summed E-state index contributed by atoms with van der Waals surface area (Å²) in [5.41, 5.74) is 2.23. The standard InChI is InChI=1S/C19H25N5O2/c1-14-5-6-15(11-21-14)16-12-20-13-17(22-16)23-7-9-24(10-8-23)18(25)26-19(2,3)4/h5-6,11-13H,7-10H2,1-4H3. The normalized spacial score (nSPS) is 15.1. The second-order valence-electron chi connectivity index (χ2n) is 7.41.